The molecule has 102 heavy (non-hydrogen) atoms. The lowest BCUT2D eigenvalue weighted by Gasteiger charge is -2.47. The van der Waals surface area contributed by atoms with Crippen LogP contribution in [0.15, 0.2) is 34.5 Å². The van der Waals surface area contributed by atoms with Crippen molar-refractivity contribution < 1.29 is 95.9 Å². The first-order valence-electron chi connectivity index (χ1n) is 35.9. The molecule has 0 aliphatic carbocycles. The number of ketones is 4. The fourth-order valence-corrected chi connectivity index (χ4v) is 15.9. The van der Waals surface area contributed by atoms with Gasteiger partial charge in [0.15, 0.2) is 46.9 Å². The van der Waals surface area contributed by atoms with Crippen molar-refractivity contribution in [2.24, 2.45) is 51.7 Å². The van der Waals surface area contributed by atoms with Crippen molar-refractivity contribution >= 4 is 47.3 Å². The molecule has 6 aliphatic heterocycles. The number of fused-ring (bicyclic) bond motifs is 2. The van der Waals surface area contributed by atoms with Gasteiger partial charge in [-0.05, 0) is 159 Å². The van der Waals surface area contributed by atoms with Crippen LogP contribution in [0, 0.1) is 41.4 Å². The molecule has 6 unspecified atom stereocenters. The van der Waals surface area contributed by atoms with Crippen molar-refractivity contribution in [1.82, 2.24) is 19.6 Å². The number of aliphatic hydroxyl groups excluding tert-OH is 2. The number of nitrogens with zero attached hydrogens (tertiary/aromatic N) is 10. The summed E-state index contributed by atoms with van der Waals surface area (Å²) in [5.41, 5.74) is 12.0. The Bertz CT molecular complexity index is 2840. The third-order valence-corrected chi connectivity index (χ3v) is 21.9. The van der Waals surface area contributed by atoms with Gasteiger partial charge in [-0.1, -0.05) is 71.9 Å². The summed E-state index contributed by atoms with van der Waals surface area (Å²) in [6.45, 7) is 35.2. The normalized spacial score (nSPS) is 38.3. The second-order valence-corrected chi connectivity index (χ2v) is 29.8. The number of cyclic esters (lactones) is 2. The van der Waals surface area contributed by atoms with Crippen molar-refractivity contribution in [2.45, 2.75) is 270 Å². The number of likely N-dealkylation sites (N-methyl/N-ethyl adjacent to an activating group) is 1. The highest BCUT2D eigenvalue weighted by Gasteiger charge is 2.62. The van der Waals surface area contributed by atoms with Crippen LogP contribution in [0.4, 0.5) is 9.59 Å². The number of aliphatic hydroxyl groups is 2. The predicted molar refractivity (Wildman–Crippen MR) is 377 cm³/mol. The summed E-state index contributed by atoms with van der Waals surface area (Å²) >= 11 is 0. The molecular weight excluding hydrogens is 1320 g/mol. The molecular formula is C72H120N10O20. The van der Waals surface area contributed by atoms with E-state index in [0.717, 1.165) is 13.5 Å². The minimum absolute atomic E-state index is 0.0551. The Kier molecular flexibility index (Phi) is 33.1. The number of carbonyl (C=O) groups excluding carboxylic acids is 8. The number of amides is 2. The third-order valence-electron chi connectivity index (χ3n) is 21.9. The number of carbonyl (C=O) groups is 8. The van der Waals surface area contributed by atoms with Crippen molar-refractivity contribution in [3.05, 3.63) is 45.2 Å². The molecule has 578 valence electrons. The summed E-state index contributed by atoms with van der Waals surface area (Å²) in [5, 5.41) is 25.5. The molecule has 0 aromatic rings. The van der Waals surface area contributed by atoms with Crippen LogP contribution in [0.3, 0.4) is 0 Å². The van der Waals surface area contributed by atoms with E-state index in [0.29, 0.717) is 32.1 Å². The number of azide groups is 2. The lowest BCUT2D eigenvalue weighted by molar-refractivity contribution is -0.295. The Balaban J connectivity index is 0.000000422. The van der Waals surface area contributed by atoms with Crippen LogP contribution in [-0.2, 0) is 76.1 Å². The first-order chi connectivity index (χ1) is 47.8. The maximum Gasteiger partial charge on any atom is 0.411 e. The lowest BCUT2D eigenvalue weighted by atomic mass is 9.75. The second kappa shape index (κ2) is 38.2. The molecule has 0 aromatic carbocycles. The van der Waals surface area contributed by atoms with Crippen LogP contribution in [0.25, 0.3) is 20.9 Å². The molecule has 0 radical (unpaired) electrons. The largest absolute Gasteiger partial charge is 0.457 e. The van der Waals surface area contributed by atoms with E-state index in [1.807, 2.05) is 53.9 Å². The minimum atomic E-state index is -1.51. The maximum absolute atomic E-state index is 14.4. The SMILES string of the molecule is C=C1C(=O)[C@H](C)C[C@@](C)(OC)[C@H](O[C@@H]2OC(C)CC(N(C)C)C2C)[C@@H](C)C(=O)[C@@H](C)C(=O)O[C@H](CC)[C@@]2(C)OC(=O)N(CCCCN=[N+]=[N-])[C@H]12.C=C1C(=O)[C@H](C)C[C@@](C)(OC)[C@H](O[C@@H]2OC(C)CC(N(C)C)C2O)[C@@H](C)C(=O)[C@@H](C)C(=O)O[C@H](CC)[C@@]2(C)OC(=O)N(CCCCN=[N+]=[N-])[C@H]12.CO. The molecule has 30 heteroatoms. The summed E-state index contributed by atoms with van der Waals surface area (Å²) in [4.78, 5) is 124. The highest BCUT2D eigenvalue weighted by atomic mass is 16.7. The number of Topliss-reactive ketones (excluding diaryl/α,β-unsaturated/α-hetero) is 4. The number of methoxy groups -OCH3 is 2. The van der Waals surface area contributed by atoms with Crippen LogP contribution in [0.2, 0.25) is 0 Å². The van der Waals surface area contributed by atoms with E-state index < -0.39 is 149 Å². The van der Waals surface area contributed by atoms with Gasteiger partial charge < -0.3 is 67.4 Å². The maximum atomic E-state index is 14.4. The predicted octanol–water partition coefficient (Wildman–Crippen LogP) is 9.29. The highest BCUT2D eigenvalue weighted by molar-refractivity contribution is 6.02. The number of hydrogen-bond acceptors (Lipinski definition) is 24. The Morgan fingerprint density at radius 1 is 0.578 bits per heavy atom. The van der Waals surface area contributed by atoms with Crippen molar-refractivity contribution in [1.29, 1.82) is 0 Å². The quantitative estimate of drug-likeness (QED) is 0.0167. The van der Waals surface area contributed by atoms with E-state index in [4.69, 9.17) is 63.5 Å². The monoisotopic (exact) mass is 1440 g/mol. The number of hydrogen-bond donors (Lipinski definition) is 2. The third kappa shape index (κ3) is 19.9. The minimum Gasteiger partial charge on any atom is -0.457 e. The Morgan fingerprint density at radius 2 is 0.931 bits per heavy atom. The van der Waals surface area contributed by atoms with Gasteiger partial charge in [-0.3, -0.25) is 38.6 Å². The number of ether oxygens (including phenoxy) is 10. The Hall–Kier alpha value is -6.14. The zero-order valence-corrected chi connectivity index (χ0v) is 64.6. The number of unbranched alkanes of at least 4 members (excludes halogenated alkanes) is 2. The molecule has 6 aliphatic rings. The zero-order valence-electron chi connectivity index (χ0n) is 64.6. The first kappa shape index (κ1) is 88.3. The van der Waals surface area contributed by atoms with Gasteiger partial charge in [0.05, 0.1) is 35.6 Å². The fourth-order valence-electron chi connectivity index (χ4n) is 15.9. The van der Waals surface area contributed by atoms with Gasteiger partial charge in [-0.25, -0.2) is 9.59 Å². The fraction of sp³-hybridized carbons (Fsp3) is 0.833. The van der Waals surface area contributed by atoms with Crippen molar-refractivity contribution in [2.75, 3.05) is 75.7 Å². The molecule has 2 N–H and O–H groups in total. The summed E-state index contributed by atoms with van der Waals surface area (Å²) < 4.78 is 61.9. The van der Waals surface area contributed by atoms with Crippen LogP contribution < -0.4 is 0 Å². The van der Waals surface area contributed by atoms with E-state index >= 15 is 0 Å². The smallest absolute Gasteiger partial charge is 0.411 e. The standard InChI is InChI=1S/C36H59N5O9.C35H57N5O10.CH4O/c1-13-27-36(9)30(41(34(45)50-36)17-15-14-16-38-39-37)23(5)28(42)20(2)19-35(8,46-12)31(24(6)29(43)25(7)32(44)48-27)49-33-22(4)26(40(10)11)18-21(3)47-33;1-12-25-35(8)29(40(33(45)50-35)16-14-13-15-37-38-36)21(4)26(41)19(2)18-34(7,46-11)30(22(5)27(42)23(6)31(44)48-25)49-32-28(43)24(39(9)10)17-20(3)47-32;1-2/h20-22,24-27,30-31,33H,5,13-19H2,1-4,6-12H3;19-20,22-25,28-30,32,43H,4,12-18H2,1-3,5-11H3;2H,1H3/t20-,21?,22?,24+,25-,26?,27-,30-,31-,33+,35-,36-;19-,20?,22+,23-,24?,25-,28?,29-,30-,32+,34-,35-;/m11./s1. The Labute approximate surface area is 603 Å². The summed E-state index contributed by atoms with van der Waals surface area (Å²) in [5.74, 6) is -8.99. The molecule has 0 saturated carbocycles. The average Bonchev–Trinajstić information content (AvgIpc) is 1.60. The van der Waals surface area contributed by atoms with E-state index in [1.165, 1.54) is 37.9 Å². The summed E-state index contributed by atoms with van der Waals surface area (Å²) in [7, 11) is 11.7. The summed E-state index contributed by atoms with van der Waals surface area (Å²) in [6, 6.07) is -2.13. The molecule has 0 bridgehead atoms. The van der Waals surface area contributed by atoms with Crippen LogP contribution in [0.1, 0.15) is 168 Å². The van der Waals surface area contributed by atoms with E-state index in [1.54, 1.807) is 69.2 Å². The van der Waals surface area contributed by atoms with Gasteiger partial charge in [0, 0.05) is 110 Å². The van der Waals surface area contributed by atoms with Gasteiger partial charge in [0.1, 0.15) is 42.2 Å². The molecule has 6 rings (SSSR count). The van der Waals surface area contributed by atoms with Crippen molar-refractivity contribution in [3.63, 3.8) is 0 Å². The second-order valence-electron chi connectivity index (χ2n) is 29.8. The van der Waals surface area contributed by atoms with E-state index in [2.05, 4.69) is 38.1 Å². The van der Waals surface area contributed by atoms with Gasteiger partial charge >= 0.3 is 24.1 Å². The van der Waals surface area contributed by atoms with E-state index in [9.17, 15) is 43.5 Å². The van der Waals surface area contributed by atoms with E-state index in [-0.39, 0.29) is 105 Å². The molecule has 24 atom stereocenters. The molecule has 6 fully saturated rings. The number of rotatable bonds is 20. The highest BCUT2D eigenvalue weighted by Crippen LogP contribution is 2.46. The molecule has 6 saturated heterocycles. The molecule has 6 heterocycles. The molecule has 0 spiro atoms. The molecule has 0 aromatic heterocycles. The van der Waals surface area contributed by atoms with Gasteiger partial charge in [-0.2, -0.15) is 0 Å². The van der Waals surface area contributed by atoms with Crippen LogP contribution in [0.5, 0.6) is 0 Å². The topological polar surface area (TPSA) is 380 Å². The molecule has 2 amide bonds. The first-order valence-corrected chi connectivity index (χ1v) is 35.9. The van der Waals surface area contributed by atoms with Gasteiger partial charge in [-0.15, -0.1) is 0 Å². The lowest BCUT2D eigenvalue weighted by Crippen LogP contribution is -2.59. The van der Waals surface area contributed by atoms with Gasteiger partial charge in [0.2, 0.25) is 0 Å². The van der Waals surface area contributed by atoms with Crippen LogP contribution >= 0.6 is 0 Å². The average molecular weight is 1450 g/mol. The zero-order chi connectivity index (χ0) is 77.4. The van der Waals surface area contributed by atoms with Crippen LogP contribution in [-0.4, -0.2) is 255 Å². The van der Waals surface area contributed by atoms with Gasteiger partial charge in [0.25, 0.3) is 0 Å². The Morgan fingerprint density at radius 3 is 1.27 bits per heavy atom. The number of esters is 2. The molecule has 30 nitrogen and oxygen atoms in total. The summed E-state index contributed by atoms with van der Waals surface area (Å²) in [6.07, 6.45) is -4.79. The van der Waals surface area contributed by atoms with Crippen molar-refractivity contribution in [3.8, 4) is 0 Å².